The summed E-state index contributed by atoms with van der Waals surface area (Å²) in [5.74, 6) is 0. The van der Waals surface area contributed by atoms with Crippen molar-refractivity contribution in [2.24, 2.45) is 0 Å². The van der Waals surface area contributed by atoms with Crippen molar-refractivity contribution in [2.75, 3.05) is 0 Å². The van der Waals surface area contributed by atoms with E-state index in [2.05, 4.69) is 16.0 Å². The van der Waals surface area contributed by atoms with E-state index in [-0.39, 0.29) is 11.8 Å². The minimum Gasteiger partial charge on any atom is -0.346 e. The molecule has 5 aromatic rings. The zero-order valence-corrected chi connectivity index (χ0v) is 17.0. The van der Waals surface area contributed by atoms with E-state index in [1.807, 2.05) is 54.6 Å². The van der Waals surface area contributed by atoms with E-state index in [0.717, 1.165) is 22.1 Å². The molecule has 5 rings (SSSR count). The molecule has 0 saturated heterocycles. The highest BCUT2D eigenvalue weighted by atomic mass is 35.5. The molecular formula is C25H15ClN4O. The Morgan fingerprint density at radius 2 is 1.87 bits per heavy atom. The Hall–Kier alpha value is -4.01. The van der Waals surface area contributed by atoms with Gasteiger partial charge in [-0.05, 0) is 29.3 Å². The molecule has 2 aromatic carbocycles. The Kier molecular flexibility index (Phi) is 4.70. The number of halogens is 1. The zero-order valence-electron chi connectivity index (χ0n) is 16.3. The molecule has 0 unspecified atom stereocenters. The van der Waals surface area contributed by atoms with Crippen molar-refractivity contribution in [2.45, 2.75) is 6.42 Å². The maximum atomic E-state index is 12.8. The van der Waals surface area contributed by atoms with Gasteiger partial charge in [0.05, 0.1) is 34.1 Å². The molecule has 31 heavy (non-hydrogen) atoms. The van der Waals surface area contributed by atoms with Crippen LogP contribution in [0.5, 0.6) is 0 Å². The minimum absolute atomic E-state index is 0.0595. The Morgan fingerprint density at radius 1 is 1.03 bits per heavy atom. The first-order valence-electron chi connectivity index (χ1n) is 9.68. The minimum atomic E-state index is -0.180. The van der Waals surface area contributed by atoms with Crippen molar-refractivity contribution in [3.05, 3.63) is 93.9 Å². The van der Waals surface area contributed by atoms with E-state index >= 15 is 0 Å². The van der Waals surface area contributed by atoms with Crippen molar-refractivity contribution < 1.29 is 0 Å². The van der Waals surface area contributed by atoms with Crippen molar-refractivity contribution in [3.63, 3.8) is 0 Å². The molecule has 0 spiro atoms. The van der Waals surface area contributed by atoms with Crippen LogP contribution in [0.3, 0.4) is 0 Å². The van der Waals surface area contributed by atoms with Crippen LogP contribution in [0, 0.1) is 11.3 Å². The van der Waals surface area contributed by atoms with Gasteiger partial charge in [0.2, 0.25) is 0 Å². The second-order valence-corrected chi connectivity index (χ2v) is 7.52. The first kappa shape index (κ1) is 19.0. The van der Waals surface area contributed by atoms with Gasteiger partial charge in [-0.15, -0.1) is 0 Å². The molecule has 3 heterocycles. The number of fused-ring (bicyclic) bond motifs is 2. The van der Waals surface area contributed by atoms with Crippen molar-refractivity contribution >= 4 is 33.5 Å². The van der Waals surface area contributed by atoms with Gasteiger partial charge in [-0.3, -0.25) is 9.78 Å². The van der Waals surface area contributed by atoms with Gasteiger partial charge in [-0.25, -0.2) is 4.98 Å². The van der Waals surface area contributed by atoms with E-state index in [1.165, 1.54) is 6.07 Å². The van der Waals surface area contributed by atoms with Crippen LogP contribution in [0.1, 0.15) is 5.56 Å². The van der Waals surface area contributed by atoms with Crippen LogP contribution in [0.25, 0.3) is 44.3 Å². The molecule has 3 aromatic heterocycles. The van der Waals surface area contributed by atoms with Crippen LogP contribution < -0.4 is 5.43 Å². The lowest BCUT2D eigenvalue weighted by Gasteiger charge is -2.17. The predicted molar refractivity (Wildman–Crippen MR) is 123 cm³/mol. The lowest BCUT2D eigenvalue weighted by Crippen LogP contribution is -2.08. The molecule has 0 radical (unpaired) electrons. The number of H-pyrrole nitrogens is 1. The maximum Gasteiger partial charge on any atom is 0.191 e. The van der Waals surface area contributed by atoms with E-state index in [9.17, 15) is 10.1 Å². The highest BCUT2D eigenvalue weighted by molar-refractivity contribution is 6.35. The van der Waals surface area contributed by atoms with Crippen molar-refractivity contribution in [3.8, 4) is 28.5 Å². The summed E-state index contributed by atoms with van der Waals surface area (Å²) in [7, 11) is 0. The summed E-state index contributed by atoms with van der Waals surface area (Å²) in [6, 6.07) is 21.0. The largest absolute Gasteiger partial charge is 0.346 e. The van der Waals surface area contributed by atoms with E-state index < -0.39 is 0 Å². The van der Waals surface area contributed by atoms with Gasteiger partial charge in [-0.2, -0.15) is 5.26 Å². The molecule has 6 heteroatoms. The van der Waals surface area contributed by atoms with Crippen LogP contribution in [0.4, 0.5) is 0 Å². The number of aromatic nitrogens is 3. The summed E-state index contributed by atoms with van der Waals surface area (Å²) in [4.78, 5) is 25.0. The smallest absolute Gasteiger partial charge is 0.191 e. The standard InChI is InChI=1S/C25H15ClN4O/c26-19-14-17(13-16-7-4-11-28-23(16)19)21-18(8-10-27)22-20(31)9-12-29-25(22)30-24(21)15-5-2-1-3-6-15/h1-7,9,11-14H,8H2,(H,29,30,31). The summed E-state index contributed by atoms with van der Waals surface area (Å²) < 4.78 is 0. The van der Waals surface area contributed by atoms with Gasteiger partial charge in [-0.1, -0.05) is 48.0 Å². The highest BCUT2D eigenvalue weighted by Gasteiger charge is 2.21. The normalized spacial score (nSPS) is 11.0. The number of hydrogen-bond acceptors (Lipinski definition) is 4. The highest BCUT2D eigenvalue weighted by Crippen LogP contribution is 2.39. The van der Waals surface area contributed by atoms with Crippen LogP contribution in [0.15, 0.2) is 77.9 Å². The third-order valence-corrected chi connectivity index (χ3v) is 5.54. The Bertz CT molecular complexity index is 1550. The van der Waals surface area contributed by atoms with Crippen LogP contribution in [-0.4, -0.2) is 15.0 Å². The molecule has 0 fully saturated rings. The zero-order chi connectivity index (χ0) is 21.4. The molecule has 0 atom stereocenters. The van der Waals surface area contributed by atoms with E-state index in [1.54, 1.807) is 12.4 Å². The topological polar surface area (TPSA) is 82.4 Å². The third kappa shape index (κ3) is 3.24. The molecule has 1 N–H and O–H groups in total. The van der Waals surface area contributed by atoms with Gasteiger partial charge < -0.3 is 4.98 Å². The van der Waals surface area contributed by atoms with Crippen molar-refractivity contribution in [1.82, 2.24) is 15.0 Å². The Labute approximate surface area is 182 Å². The number of benzene rings is 2. The monoisotopic (exact) mass is 422 g/mol. The molecule has 0 aliphatic heterocycles. The van der Waals surface area contributed by atoms with Gasteiger partial charge in [0.1, 0.15) is 5.65 Å². The Morgan fingerprint density at radius 3 is 2.68 bits per heavy atom. The molecule has 0 saturated carbocycles. The average molecular weight is 423 g/mol. The van der Waals surface area contributed by atoms with Crippen LogP contribution in [-0.2, 0) is 6.42 Å². The molecule has 0 aliphatic rings. The first-order chi connectivity index (χ1) is 15.2. The number of hydrogen-bond donors (Lipinski definition) is 1. The van der Waals surface area contributed by atoms with Gasteiger partial charge >= 0.3 is 0 Å². The molecule has 0 bridgehead atoms. The second kappa shape index (κ2) is 7.67. The molecular weight excluding hydrogens is 408 g/mol. The molecule has 0 aliphatic carbocycles. The lowest BCUT2D eigenvalue weighted by atomic mass is 9.90. The lowest BCUT2D eigenvalue weighted by molar-refractivity contribution is 1.22. The fourth-order valence-electron chi connectivity index (χ4n) is 3.95. The Balaban J connectivity index is 1.97. The van der Waals surface area contributed by atoms with E-state index in [0.29, 0.717) is 32.8 Å². The fourth-order valence-corrected chi connectivity index (χ4v) is 4.22. The molecule has 0 amide bonds. The molecule has 148 valence electrons. The summed E-state index contributed by atoms with van der Waals surface area (Å²) in [6.07, 6.45) is 3.33. The fraction of sp³-hybridized carbons (Fsp3) is 0.0400. The number of pyridine rings is 3. The number of nitriles is 1. The van der Waals surface area contributed by atoms with E-state index in [4.69, 9.17) is 16.6 Å². The van der Waals surface area contributed by atoms with Gasteiger partial charge in [0, 0.05) is 35.0 Å². The van der Waals surface area contributed by atoms with Gasteiger partial charge in [0.25, 0.3) is 0 Å². The summed E-state index contributed by atoms with van der Waals surface area (Å²) in [5.41, 5.74) is 4.67. The summed E-state index contributed by atoms with van der Waals surface area (Å²) >= 11 is 6.57. The second-order valence-electron chi connectivity index (χ2n) is 7.11. The summed E-state index contributed by atoms with van der Waals surface area (Å²) in [6.45, 7) is 0. The number of nitrogens with one attached hydrogen (secondary N) is 1. The van der Waals surface area contributed by atoms with Crippen molar-refractivity contribution in [1.29, 1.82) is 5.26 Å². The SMILES string of the molecule is N#CCc1c(-c2cc(Cl)c3ncccc3c2)c(-c2ccccc2)nc2[nH]ccc(=O)c12. The number of nitrogens with zero attached hydrogens (tertiary/aromatic N) is 3. The van der Waals surface area contributed by atoms with Gasteiger partial charge in [0.15, 0.2) is 5.43 Å². The summed E-state index contributed by atoms with van der Waals surface area (Å²) in [5, 5.41) is 11.4. The number of rotatable bonds is 3. The third-order valence-electron chi connectivity index (χ3n) is 5.25. The van der Waals surface area contributed by atoms with Crippen LogP contribution >= 0.6 is 11.6 Å². The average Bonchev–Trinajstić information content (AvgIpc) is 2.79. The molecule has 5 nitrogen and oxygen atoms in total. The predicted octanol–water partition coefficient (Wildman–Crippen LogP) is 5.52. The quantitative estimate of drug-likeness (QED) is 0.414. The number of aromatic amines is 1. The maximum absolute atomic E-state index is 12.8. The van der Waals surface area contributed by atoms with Crippen LogP contribution in [0.2, 0.25) is 5.02 Å². The first-order valence-corrected chi connectivity index (χ1v) is 10.1.